The van der Waals surface area contributed by atoms with Crippen LogP contribution in [0.5, 0.6) is 0 Å². The van der Waals surface area contributed by atoms with E-state index in [2.05, 4.69) is 15.5 Å². The van der Waals surface area contributed by atoms with E-state index in [4.69, 9.17) is 0 Å². The van der Waals surface area contributed by atoms with Gasteiger partial charge in [-0.05, 0) is 36.1 Å². The van der Waals surface area contributed by atoms with Gasteiger partial charge in [-0.3, -0.25) is 14.9 Å². The number of likely N-dealkylation sites (tertiary alicyclic amines) is 1. The van der Waals surface area contributed by atoms with Crippen LogP contribution in [-0.4, -0.2) is 39.5 Å². The fourth-order valence-electron chi connectivity index (χ4n) is 4.04. The molecule has 0 spiro atoms. The highest BCUT2D eigenvalue weighted by atomic mass is 32.1. The van der Waals surface area contributed by atoms with E-state index in [-0.39, 0.29) is 11.8 Å². The molecular weight excluding hydrogens is 432 g/mol. The van der Waals surface area contributed by atoms with Gasteiger partial charge < -0.3 is 4.90 Å². The van der Waals surface area contributed by atoms with Gasteiger partial charge in [0.2, 0.25) is 11.0 Å². The summed E-state index contributed by atoms with van der Waals surface area (Å²) in [6.07, 6.45) is 1.42. The van der Waals surface area contributed by atoms with E-state index >= 15 is 0 Å². The molecule has 5 rings (SSSR count). The quantitative estimate of drug-likeness (QED) is 0.454. The summed E-state index contributed by atoms with van der Waals surface area (Å²) in [5, 5.41) is 12.3. The largest absolute Gasteiger partial charge is 0.327 e. The van der Waals surface area contributed by atoms with E-state index in [0.717, 1.165) is 28.1 Å². The highest BCUT2D eigenvalue weighted by molar-refractivity contribution is 7.18. The summed E-state index contributed by atoms with van der Waals surface area (Å²) in [6, 6.07) is 26.8. The summed E-state index contributed by atoms with van der Waals surface area (Å²) in [6.45, 7) is 0.558. The lowest BCUT2D eigenvalue weighted by Crippen LogP contribution is -2.43. The van der Waals surface area contributed by atoms with Crippen molar-refractivity contribution in [1.82, 2.24) is 15.1 Å². The molecule has 6 nitrogen and oxygen atoms in total. The van der Waals surface area contributed by atoms with E-state index in [1.165, 1.54) is 11.3 Å². The van der Waals surface area contributed by atoms with Crippen LogP contribution in [0.1, 0.15) is 23.2 Å². The molecule has 1 N–H and O–H groups in total. The second-order valence-corrected chi connectivity index (χ2v) is 8.85. The van der Waals surface area contributed by atoms with Crippen LogP contribution in [0.4, 0.5) is 5.13 Å². The lowest BCUT2D eigenvalue weighted by atomic mass is 10.0. The summed E-state index contributed by atoms with van der Waals surface area (Å²) >= 11 is 1.32. The third-order valence-corrected chi connectivity index (χ3v) is 6.62. The van der Waals surface area contributed by atoms with Crippen molar-refractivity contribution in [3.8, 4) is 21.7 Å². The minimum Gasteiger partial charge on any atom is -0.327 e. The maximum Gasteiger partial charge on any atom is 0.254 e. The van der Waals surface area contributed by atoms with Crippen LogP contribution in [0.2, 0.25) is 0 Å². The van der Waals surface area contributed by atoms with Crippen molar-refractivity contribution in [3.05, 3.63) is 90.5 Å². The molecule has 2 heterocycles. The normalized spacial score (nSPS) is 15.4. The van der Waals surface area contributed by atoms with Gasteiger partial charge in [-0.1, -0.05) is 84.1 Å². The van der Waals surface area contributed by atoms with Gasteiger partial charge in [0.1, 0.15) is 11.0 Å². The van der Waals surface area contributed by atoms with Gasteiger partial charge in [-0.15, -0.1) is 10.2 Å². The maximum absolute atomic E-state index is 13.2. The first-order valence-electron chi connectivity index (χ1n) is 10.9. The fourth-order valence-corrected chi connectivity index (χ4v) is 4.80. The number of nitrogens with zero attached hydrogens (tertiary/aromatic N) is 3. The number of hydrogen-bond donors (Lipinski definition) is 1. The standard InChI is InChI=1S/C26H22N4O2S/c31-23(27-26-29-28-24(33-26)20-10-5-2-6-11-20)22-12-7-17-30(22)25(32)21-15-13-19(14-16-21)18-8-3-1-4-9-18/h1-6,8-11,13-16,22H,7,12,17H2,(H,27,29,31). The molecule has 1 saturated heterocycles. The Labute approximate surface area is 195 Å². The van der Waals surface area contributed by atoms with Crippen molar-refractivity contribution in [3.63, 3.8) is 0 Å². The van der Waals surface area contributed by atoms with Crippen LogP contribution in [0.25, 0.3) is 21.7 Å². The number of anilines is 1. The van der Waals surface area contributed by atoms with Crippen LogP contribution >= 0.6 is 11.3 Å². The number of amides is 2. The van der Waals surface area contributed by atoms with Crippen LogP contribution in [0.3, 0.4) is 0 Å². The molecule has 2 amide bonds. The number of hydrogen-bond acceptors (Lipinski definition) is 5. The molecule has 164 valence electrons. The monoisotopic (exact) mass is 454 g/mol. The van der Waals surface area contributed by atoms with Gasteiger partial charge in [0, 0.05) is 17.7 Å². The van der Waals surface area contributed by atoms with E-state index < -0.39 is 6.04 Å². The SMILES string of the molecule is O=C(Nc1nnc(-c2ccccc2)s1)C1CCCN1C(=O)c1ccc(-c2ccccc2)cc1. The van der Waals surface area contributed by atoms with Gasteiger partial charge in [0.25, 0.3) is 5.91 Å². The molecule has 1 aromatic heterocycles. The number of benzene rings is 3. The summed E-state index contributed by atoms with van der Waals surface area (Å²) < 4.78 is 0. The molecule has 0 radical (unpaired) electrons. The molecule has 1 fully saturated rings. The molecule has 0 aliphatic carbocycles. The summed E-state index contributed by atoms with van der Waals surface area (Å²) in [5.41, 5.74) is 3.68. The molecule has 1 atom stereocenters. The van der Waals surface area contributed by atoms with Crippen molar-refractivity contribution in [2.24, 2.45) is 0 Å². The average Bonchev–Trinajstić information content (AvgIpc) is 3.55. The molecular formula is C26H22N4O2S. The first kappa shape index (κ1) is 21.0. The predicted molar refractivity (Wildman–Crippen MR) is 130 cm³/mol. The van der Waals surface area contributed by atoms with Crippen molar-refractivity contribution in [2.45, 2.75) is 18.9 Å². The van der Waals surface area contributed by atoms with E-state index in [1.54, 1.807) is 4.90 Å². The number of rotatable bonds is 5. The lowest BCUT2D eigenvalue weighted by molar-refractivity contribution is -0.119. The average molecular weight is 455 g/mol. The van der Waals surface area contributed by atoms with Gasteiger partial charge in [-0.25, -0.2) is 0 Å². The maximum atomic E-state index is 13.2. The van der Waals surface area contributed by atoms with E-state index in [0.29, 0.717) is 23.7 Å². The Morgan fingerprint density at radius 1 is 0.818 bits per heavy atom. The van der Waals surface area contributed by atoms with Crippen LogP contribution in [0, 0.1) is 0 Å². The predicted octanol–water partition coefficient (Wildman–Crippen LogP) is 5.12. The Morgan fingerprint density at radius 2 is 1.45 bits per heavy atom. The molecule has 1 aliphatic rings. The lowest BCUT2D eigenvalue weighted by Gasteiger charge is -2.23. The minimum absolute atomic E-state index is 0.130. The number of aromatic nitrogens is 2. The van der Waals surface area contributed by atoms with Gasteiger partial charge >= 0.3 is 0 Å². The molecule has 1 unspecified atom stereocenters. The van der Waals surface area contributed by atoms with Crippen molar-refractivity contribution in [2.75, 3.05) is 11.9 Å². The smallest absolute Gasteiger partial charge is 0.254 e. The molecule has 4 aromatic rings. The van der Waals surface area contributed by atoms with Crippen molar-refractivity contribution < 1.29 is 9.59 Å². The Morgan fingerprint density at radius 3 is 2.15 bits per heavy atom. The van der Waals surface area contributed by atoms with Gasteiger partial charge in [0.15, 0.2) is 0 Å². The molecule has 7 heteroatoms. The third-order valence-electron chi connectivity index (χ3n) is 5.73. The summed E-state index contributed by atoms with van der Waals surface area (Å²) in [7, 11) is 0. The minimum atomic E-state index is -0.518. The molecule has 0 saturated carbocycles. The first-order valence-corrected chi connectivity index (χ1v) is 11.7. The van der Waals surface area contributed by atoms with E-state index in [9.17, 15) is 9.59 Å². The zero-order chi connectivity index (χ0) is 22.6. The fraction of sp³-hybridized carbons (Fsp3) is 0.154. The second-order valence-electron chi connectivity index (χ2n) is 7.87. The second kappa shape index (κ2) is 9.34. The summed E-state index contributed by atoms with van der Waals surface area (Å²) in [4.78, 5) is 27.8. The van der Waals surface area contributed by atoms with E-state index in [1.807, 2.05) is 84.9 Å². The molecule has 1 aliphatic heterocycles. The highest BCUT2D eigenvalue weighted by Gasteiger charge is 2.35. The number of carbonyl (C=O) groups excluding carboxylic acids is 2. The number of carbonyl (C=O) groups is 2. The zero-order valence-electron chi connectivity index (χ0n) is 17.8. The van der Waals surface area contributed by atoms with Gasteiger partial charge in [0.05, 0.1) is 0 Å². The van der Waals surface area contributed by atoms with Gasteiger partial charge in [-0.2, -0.15) is 0 Å². The molecule has 33 heavy (non-hydrogen) atoms. The van der Waals surface area contributed by atoms with Crippen molar-refractivity contribution in [1.29, 1.82) is 0 Å². The topological polar surface area (TPSA) is 75.2 Å². The van der Waals surface area contributed by atoms with Crippen LogP contribution in [-0.2, 0) is 4.79 Å². The first-order chi connectivity index (χ1) is 16.2. The molecule has 0 bridgehead atoms. The van der Waals surface area contributed by atoms with Crippen LogP contribution in [0.15, 0.2) is 84.9 Å². The Kier molecular flexibility index (Phi) is 5.95. The van der Waals surface area contributed by atoms with Crippen molar-refractivity contribution >= 4 is 28.3 Å². The Bertz CT molecular complexity index is 1260. The third kappa shape index (κ3) is 4.54. The zero-order valence-corrected chi connectivity index (χ0v) is 18.7. The summed E-state index contributed by atoms with van der Waals surface area (Å²) in [5.74, 6) is -0.355. The Balaban J connectivity index is 1.27. The highest BCUT2D eigenvalue weighted by Crippen LogP contribution is 2.28. The number of nitrogens with one attached hydrogen (secondary N) is 1. The Hall–Kier alpha value is -3.84. The molecule has 3 aromatic carbocycles. The van der Waals surface area contributed by atoms with Crippen LogP contribution < -0.4 is 5.32 Å².